The topological polar surface area (TPSA) is 51.5 Å². The summed E-state index contributed by atoms with van der Waals surface area (Å²) in [5.74, 6) is 1.44. The zero-order chi connectivity index (χ0) is 24.0. The fourth-order valence-corrected chi connectivity index (χ4v) is 5.85. The Morgan fingerprint density at radius 2 is 1.44 bits per heavy atom. The van der Waals surface area contributed by atoms with E-state index in [-0.39, 0.29) is 0 Å². The molecule has 34 heavy (non-hydrogen) atoms. The Morgan fingerprint density at radius 1 is 0.824 bits per heavy atom. The Labute approximate surface area is 204 Å². The Bertz CT molecular complexity index is 1140. The Balaban J connectivity index is 1.75. The molecule has 4 nitrogen and oxygen atoms in total. The minimum Gasteiger partial charge on any atom is -0.485 e. The van der Waals surface area contributed by atoms with E-state index in [2.05, 4.69) is 50.0 Å². The largest absolute Gasteiger partial charge is 0.485 e. The second kappa shape index (κ2) is 10.5. The molecule has 1 aliphatic rings. The zero-order valence-corrected chi connectivity index (χ0v) is 21.3. The van der Waals surface area contributed by atoms with Gasteiger partial charge in [-0.2, -0.15) is 5.26 Å². The third-order valence-corrected chi connectivity index (χ3v) is 6.95. The van der Waals surface area contributed by atoms with Crippen LogP contribution in [-0.4, -0.2) is 8.32 Å². The van der Waals surface area contributed by atoms with Gasteiger partial charge in [-0.05, 0) is 62.5 Å². The van der Waals surface area contributed by atoms with Crippen LogP contribution >= 0.6 is 0 Å². The van der Waals surface area contributed by atoms with Gasteiger partial charge in [0.05, 0.1) is 0 Å². The minimum absolute atomic E-state index is 0.438. The second-order valence-corrected chi connectivity index (χ2v) is 14.3. The summed E-state index contributed by atoms with van der Waals surface area (Å²) >= 11 is 0. The number of benzene rings is 3. The maximum Gasteiger partial charge on any atom is 0.186 e. The van der Waals surface area contributed by atoms with Gasteiger partial charge in [0.2, 0.25) is 0 Å². The van der Waals surface area contributed by atoms with E-state index in [1.54, 1.807) is 0 Å². The van der Waals surface area contributed by atoms with Crippen LogP contribution in [0, 0.1) is 11.3 Å². The number of ether oxygens (including phenoxy) is 2. The molecular formula is C29H33NO3Si. The van der Waals surface area contributed by atoms with Gasteiger partial charge in [0.25, 0.3) is 0 Å². The fraction of sp³-hybridized carbons (Fsp3) is 0.345. The number of hydrogen-bond donors (Lipinski definition) is 0. The molecule has 0 bridgehead atoms. The van der Waals surface area contributed by atoms with E-state index in [1.807, 2.05) is 48.5 Å². The monoisotopic (exact) mass is 471 g/mol. The molecule has 0 aliphatic heterocycles. The molecule has 0 spiro atoms. The first-order chi connectivity index (χ1) is 16.4. The van der Waals surface area contributed by atoms with Crippen LogP contribution in [0.5, 0.6) is 11.5 Å². The molecule has 0 amide bonds. The molecule has 4 rings (SSSR count). The smallest absolute Gasteiger partial charge is 0.186 e. The van der Waals surface area contributed by atoms with Crippen molar-refractivity contribution in [2.75, 3.05) is 0 Å². The van der Waals surface area contributed by atoms with Gasteiger partial charge in [0, 0.05) is 11.1 Å². The van der Waals surface area contributed by atoms with Crippen LogP contribution in [0.4, 0.5) is 0 Å². The average Bonchev–Trinajstić information content (AvgIpc) is 3.01. The van der Waals surface area contributed by atoms with Gasteiger partial charge in [-0.3, -0.25) is 0 Å². The molecule has 5 heteroatoms. The van der Waals surface area contributed by atoms with E-state index in [0.29, 0.717) is 25.4 Å². The van der Waals surface area contributed by atoms with Gasteiger partial charge < -0.3 is 13.9 Å². The SMILES string of the molecule is C[Si](C)(C)OC1(C#N)CCCCc2c1ccc(OCc1ccccc1)c2OCc1ccccc1. The van der Waals surface area contributed by atoms with Gasteiger partial charge in [-0.25, -0.2) is 0 Å². The van der Waals surface area contributed by atoms with Crippen molar-refractivity contribution in [3.05, 3.63) is 95.1 Å². The quantitative estimate of drug-likeness (QED) is 0.259. The van der Waals surface area contributed by atoms with Gasteiger partial charge in [0.1, 0.15) is 19.3 Å². The molecule has 1 unspecified atom stereocenters. The summed E-state index contributed by atoms with van der Waals surface area (Å²) in [6.07, 6.45) is 3.45. The maximum atomic E-state index is 10.4. The highest BCUT2D eigenvalue weighted by Gasteiger charge is 2.41. The predicted molar refractivity (Wildman–Crippen MR) is 137 cm³/mol. The van der Waals surface area contributed by atoms with E-state index in [0.717, 1.165) is 47.3 Å². The van der Waals surface area contributed by atoms with E-state index in [4.69, 9.17) is 13.9 Å². The number of nitriles is 1. The summed E-state index contributed by atoms with van der Waals surface area (Å²) in [6.45, 7) is 7.31. The molecular weight excluding hydrogens is 438 g/mol. The third kappa shape index (κ3) is 5.70. The first-order valence-corrected chi connectivity index (χ1v) is 15.4. The van der Waals surface area contributed by atoms with Gasteiger partial charge >= 0.3 is 0 Å². The van der Waals surface area contributed by atoms with Crippen molar-refractivity contribution >= 4 is 8.32 Å². The molecule has 1 aliphatic carbocycles. The minimum atomic E-state index is -1.98. The zero-order valence-electron chi connectivity index (χ0n) is 20.3. The van der Waals surface area contributed by atoms with E-state index in [9.17, 15) is 5.26 Å². The summed E-state index contributed by atoms with van der Waals surface area (Å²) in [5, 5.41) is 10.4. The molecule has 3 aromatic rings. The highest BCUT2D eigenvalue weighted by molar-refractivity contribution is 6.69. The molecule has 0 saturated heterocycles. The number of hydrogen-bond acceptors (Lipinski definition) is 4. The second-order valence-electron chi connectivity index (χ2n) is 9.83. The number of nitrogens with zero attached hydrogens (tertiary/aromatic N) is 1. The normalized spacial score (nSPS) is 17.8. The van der Waals surface area contributed by atoms with Gasteiger partial charge in [-0.1, -0.05) is 66.7 Å². The van der Waals surface area contributed by atoms with Crippen molar-refractivity contribution < 1.29 is 13.9 Å². The van der Waals surface area contributed by atoms with Crippen LogP contribution in [0.1, 0.15) is 41.5 Å². The number of rotatable bonds is 8. The summed E-state index contributed by atoms with van der Waals surface area (Å²) in [7, 11) is -1.98. The fourth-order valence-electron chi connectivity index (χ4n) is 4.55. The molecule has 1 atom stereocenters. The average molecular weight is 472 g/mol. The van der Waals surface area contributed by atoms with Crippen molar-refractivity contribution in [1.29, 1.82) is 5.26 Å². The van der Waals surface area contributed by atoms with Crippen LogP contribution in [0.2, 0.25) is 19.6 Å². The Kier molecular flexibility index (Phi) is 7.40. The molecule has 0 fully saturated rings. The highest BCUT2D eigenvalue weighted by atomic mass is 28.4. The van der Waals surface area contributed by atoms with Crippen molar-refractivity contribution in [1.82, 2.24) is 0 Å². The highest BCUT2D eigenvalue weighted by Crippen LogP contribution is 2.45. The molecule has 0 N–H and O–H groups in total. The molecule has 0 aromatic heterocycles. The van der Waals surface area contributed by atoms with E-state index >= 15 is 0 Å². The third-order valence-electron chi connectivity index (χ3n) is 5.99. The van der Waals surface area contributed by atoms with Crippen LogP contribution < -0.4 is 9.47 Å². The summed E-state index contributed by atoms with van der Waals surface area (Å²) in [6, 6.07) is 26.8. The summed E-state index contributed by atoms with van der Waals surface area (Å²) in [5.41, 5.74) is 3.22. The summed E-state index contributed by atoms with van der Waals surface area (Å²) in [4.78, 5) is 0. The molecule has 3 aromatic carbocycles. The standard InChI is InChI=1S/C29H33NO3Si/c1-34(2,3)33-29(22-30)19-11-10-16-25-26(29)17-18-27(31-20-23-12-6-4-7-13-23)28(25)32-21-24-14-8-5-9-15-24/h4-9,12-15,17-18H,10-11,16,19-21H2,1-3H3. The maximum absolute atomic E-state index is 10.4. The van der Waals surface area contributed by atoms with Crippen molar-refractivity contribution in [3.8, 4) is 17.6 Å². The van der Waals surface area contributed by atoms with Gasteiger partial charge in [0.15, 0.2) is 25.4 Å². The van der Waals surface area contributed by atoms with Crippen LogP contribution in [0.25, 0.3) is 0 Å². The summed E-state index contributed by atoms with van der Waals surface area (Å²) < 4.78 is 19.3. The first-order valence-electron chi connectivity index (χ1n) is 12.0. The Hall–Kier alpha value is -3.07. The Morgan fingerprint density at radius 3 is 2.03 bits per heavy atom. The molecule has 0 radical (unpaired) electrons. The molecule has 0 saturated carbocycles. The van der Waals surface area contributed by atoms with E-state index < -0.39 is 13.9 Å². The lowest BCUT2D eigenvalue weighted by Crippen LogP contribution is -2.40. The van der Waals surface area contributed by atoms with Crippen molar-refractivity contribution in [2.24, 2.45) is 0 Å². The lowest BCUT2D eigenvalue weighted by Gasteiger charge is -2.35. The molecule has 0 heterocycles. The van der Waals surface area contributed by atoms with Crippen LogP contribution in [-0.2, 0) is 29.7 Å². The van der Waals surface area contributed by atoms with Crippen molar-refractivity contribution in [2.45, 2.75) is 64.1 Å². The lowest BCUT2D eigenvalue weighted by atomic mass is 9.88. The van der Waals surface area contributed by atoms with Crippen LogP contribution in [0.15, 0.2) is 72.8 Å². The molecule has 176 valence electrons. The first kappa shape index (κ1) is 24.1. The van der Waals surface area contributed by atoms with Crippen molar-refractivity contribution in [3.63, 3.8) is 0 Å². The predicted octanol–water partition coefficient (Wildman–Crippen LogP) is 7.14. The lowest BCUT2D eigenvalue weighted by molar-refractivity contribution is 0.107. The van der Waals surface area contributed by atoms with Crippen LogP contribution in [0.3, 0.4) is 0 Å². The number of fused-ring (bicyclic) bond motifs is 1. The van der Waals surface area contributed by atoms with Gasteiger partial charge in [-0.15, -0.1) is 0 Å². The van der Waals surface area contributed by atoms with E-state index in [1.165, 1.54) is 0 Å².